The van der Waals surface area contributed by atoms with Crippen LogP contribution in [0.5, 0.6) is 0 Å². The summed E-state index contributed by atoms with van der Waals surface area (Å²) in [5, 5.41) is 2.99. The zero-order valence-electron chi connectivity index (χ0n) is 11.4. The Labute approximate surface area is 114 Å². The first-order valence-electron chi connectivity index (χ1n) is 6.59. The molecule has 0 aliphatic heterocycles. The van der Waals surface area contributed by atoms with Crippen LogP contribution in [0.15, 0.2) is 60.7 Å². The maximum absolute atomic E-state index is 12.6. The molecule has 1 atom stereocenters. The molecule has 0 spiro atoms. The van der Waals surface area contributed by atoms with Gasteiger partial charge in [0.2, 0.25) is 5.91 Å². The fourth-order valence-electron chi connectivity index (χ4n) is 2.09. The van der Waals surface area contributed by atoms with E-state index in [0.29, 0.717) is 0 Å². The van der Waals surface area contributed by atoms with Gasteiger partial charge in [0.1, 0.15) is 0 Å². The Kier molecular flexibility index (Phi) is 4.00. The molecule has 0 aromatic heterocycles. The average molecular weight is 253 g/mol. The molecule has 0 saturated carbocycles. The van der Waals surface area contributed by atoms with Crippen LogP contribution in [-0.2, 0) is 10.2 Å². The molecule has 0 bridgehead atoms. The van der Waals surface area contributed by atoms with E-state index in [2.05, 4.69) is 5.32 Å². The van der Waals surface area contributed by atoms with Crippen molar-refractivity contribution in [2.75, 3.05) is 5.32 Å². The van der Waals surface area contributed by atoms with Gasteiger partial charge in [0.05, 0.1) is 5.41 Å². The molecule has 0 aliphatic carbocycles. The second kappa shape index (κ2) is 5.70. The van der Waals surface area contributed by atoms with E-state index in [-0.39, 0.29) is 5.91 Å². The maximum Gasteiger partial charge on any atom is 0.234 e. The van der Waals surface area contributed by atoms with Crippen LogP contribution in [0.25, 0.3) is 0 Å². The summed E-state index contributed by atoms with van der Waals surface area (Å²) >= 11 is 0. The van der Waals surface area contributed by atoms with Crippen LogP contribution in [0.2, 0.25) is 0 Å². The van der Waals surface area contributed by atoms with Gasteiger partial charge in [-0.3, -0.25) is 4.79 Å². The van der Waals surface area contributed by atoms with E-state index in [4.69, 9.17) is 0 Å². The third-order valence-electron chi connectivity index (χ3n) is 3.65. The van der Waals surface area contributed by atoms with Crippen LogP contribution >= 0.6 is 0 Å². The summed E-state index contributed by atoms with van der Waals surface area (Å²) in [6.07, 6.45) is 0.760. The van der Waals surface area contributed by atoms with Crippen molar-refractivity contribution in [3.63, 3.8) is 0 Å². The highest BCUT2D eigenvalue weighted by Gasteiger charge is 2.33. The summed E-state index contributed by atoms with van der Waals surface area (Å²) in [6, 6.07) is 19.5. The van der Waals surface area contributed by atoms with Gasteiger partial charge in [0.15, 0.2) is 0 Å². The SMILES string of the molecule is CC[C@](C)(C(=O)Nc1ccccc1)c1ccccc1. The number of amides is 1. The van der Waals surface area contributed by atoms with Crippen molar-refractivity contribution in [2.24, 2.45) is 0 Å². The smallest absolute Gasteiger partial charge is 0.234 e. The monoisotopic (exact) mass is 253 g/mol. The summed E-state index contributed by atoms with van der Waals surface area (Å²) in [7, 11) is 0. The first-order valence-corrected chi connectivity index (χ1v) is 6.59. The Hall–Kier alpha value is -2.09. The van der Waals surface area contributed by atoms with Gasteiger partial charge in [-0.15, -0.1) is 0 Å². The summed E-state index contributed by atoms with van der Waals surface area (Å²) in [4.78, 5) is 12.6. The van der Waals surface area contributed by atoms with Crippen LogP contribution in [0, 0.1) is 0 Å². The van der Waals surface area contributed by atoms with Crippen LogP contribution < -0.4 is 5.32 Å². The third-order valence-corrected chi connectivity index (χ3v) is 3.65. The lowest BCUT2D eigenvalue weighted by molar-refractivity contribution is -0.121. The second-order valence-electron chi connectivity index (χ2n) is 4.87. The number of hydrogen-bond donors (Lipinski definition) is 1. The van der Waals surface area contributed by atoms with Crippen molar-refractivity contribution in [1.29, 1.82) is 0 Å². The fourth-order valence-corrected chi connectivity index (χ4v) is 2.09. The third kappa shape index (κ3) is 2.84. The molecule has 0 unspecified atom stereocenters. The highest BCUT2D eigenvalue weighted by atomic mass is 16.2. The van der Waals surface area contributed by atoms with Crippen molar-refractivity contribution in [2.45, 2.75) is 25.7 Å². The number of rotatable bonds is 4. The molecule has 0 aliphatic rings. The van der Waals surface area contributed by atoms with Crippen molar-refractivity contribution in [3.05, 3.63) is 66.2 Å². The molecule has 2 heteroatoms. The zero-order chi connectivity index (χ0) is 13.7. The predicted molar refractivity (Wildman–Crippen MR) is 79.2 cm³/mol. The van der Waals surface area contributed by atoms with Gasteiger partial charge in [0, 0.05) is 5.69 Å². The molecule has 0 radical (unpaired) electrons. The van der Waals surface area contributed by atoms with Gasteiger partial charge in [-0.2, -0.15) is 0 Å². The molecule has 0 fully saturated rings. The maximum atomic E-state index is 12.6. The summed E-state index contributed by atoms with van der Waals surface area (Å²) in [6.45, 7) is 4.03. The number of para-hydroxylation sites is 1. The number of carbonyl (C=O) groups excluding carboxylic acids is 1. The lowest BCUT2D eigenvalue weighted by Crippen LogP contribution is -2.37. The topological polar surface area (TPSA) is 29.1 Å². The van der Waals surface area contributed by atoms with E-state index in [1.165, 1.54) is 0 Å². The van der Waals surface area contributed by atoms with Crippen LogP contribution in [0.3, 0.4) is 0 Å². The Morgan fingerprint density at radius 2 is 1.53 bits per heavy atom. The molecule has 2 aromatic rings. The standard InChI is InChI=1S/C17H19NO/c1-3-17(2,14-10-6-4-7-11-14)16(19)18-15-12-8-5-9-13-15/h4-13H,3H2,1-2H3,(H,18,19)/t17-/m0/s1. The molecule has 19 heavy (non-hydrogen) atoms. The van der Waals surface area contributed by atoms with Crippen LogP contribution in [0.1, 0.15) is 25.8 Å². The lowest BCUT2D eigenvalue weighted by Gasteiger charge is -2.27. The number of hydrogen-bond acceptors (Lipinski definition) is 1. The number of carbonyl (C=O) groups is 1. The summed E-state index contributed by atoms with van der Waals surface area (Å²) in [5.41, 5.74) is 1.38. The first kappa shape index (κ1) is 13.3. The normalized spacial score (nSPS) is 13.6. The molecule has 1 N–H and O–H groups in total. The number of anilines is 1. The van der Waals surface area contributed by atoms with Gasteiger partial charge in [-0.1, -0.05) is 55.5 Å². The number of benzene rings is 2. The first-order chi connectivity index (χ1) is 9.16. The average Bonchev–Trinajstić information content (AvgIpc) is 2.48. The molecule has 0 heterocycles. The summed E-state index contributed by atoms with van der Waals surface area (Å²) < 4.78 is 0. The Balaban J connectivity index is 2.24. The van der Waals surface area contributed by atoms with Crippen molar-refractivity contribution < 1.29 is 4.79 Å². The van der Waals surface area contributed by atoms with E-state index in [9.17, 15) is 4.79 Å². The van der Waals surface area contributed by atoms with Crippen molar-refractivity contribution >= 4 is 11.6 Å². The largest absolute Gasteiger partial charge is 0.325 e. The molecule has 2 nitrogen and oxygen atoms in total. The van der Waals surface area contributed by atoms with Crippen LogP contribution in [-0.4, -0.2) is 5.91 Å². The molecule has 1 amide bonds. The quantitative estimate of drug-likeness (QED) is 0.877. The molecule has 2 rings (SSSR count). The molecular formula is C17H19NO. The highest BCUT2D eigenvalue weighted by molar-refractivity contribution is 5.98. The Morgan fingerprint density at radius 3 is 2.05 bits per heavy atom. The van der Waals surface area contributed by atoms with Crippen molar-refractivity contribution in [3.8, 4) is 0 Å². The predicted octanol–water partition coefficient (Wildman–Crippen LogP) is 3.99. The second-order valence-corrected chi connectivity index (χ2v) is 4.87. The molecule has 0 saturated heterocycles. The fraction of sp³-hybridized carbons (Fsp3) is 0.235. The van der Waals surface area contributed by atoms with Gasteiger partial charge >= 0.3 is 0 Å². The number of nitrogens with one attached hydrogen (secondary N) is 1. The Bertz CT molecular complexity index is 536. The zero-order valence-corrected chi connectivity index (χ0v) is 11.4. The van der Waals surface area contributed by atoms with Gasteiger partial charge < -0.3 is 5.32 Å². The summed E-state index contributed by atoms with van der Waals surface area (Å²) in [5.74, 6) is 0.0346. The van der Waals surface area contributed by atoms with Gasteiger partial charge in [0.25, 0.3) is 0 Å². The van der Waals surface area contributed by atoms with E-state index < -0.39 is 5.41 Å². The van der Waals surface area contributed by atoms with Crippen LogP contribution in [0.4, 0.5) is 5.69 Å². The van der Waals surface area contributed by atoms with E-state index >= 15 is 0 Å². The van der Waals surface area contributed by atoms with E-state index in [0.717, 1.165) is 17.7 Å². The highest BCUT2D eigenvalue weighted by Crippen LogP contribution is 2.29. The van der Waals surface area contributed by atoms with E-state index in [1.807, 2.05) is 74.5 Å². The minimum absolute atomic E-state index is 0.0346. The molecule has 98 valence electrons. The van der Waals surface area contributed by atoms with Gasteiger partial charge in [-0.05, 0) is 31.0 Å². The Morgan fingerprint density at radius 1 is 1.00 bits per heavy atom. The minimum Gasteiger partial charge on any atom is -0.325 e. The van der Waals surface area contributed by atoms with Crippen molar-refractivity contribution in [1.82, 2.24) is 0 Å². The minimum atomic E-state index is -0.503. The molecular weight excluding hydrogens is 234 g/mol. The van der Waals surface area contributed by atoms with E-state index in [1.54, 1.807) is 0 Å². The molecule has 2 aromatic carbocycles. The lowest BCUT2D eigenvalue weighted by atomic mass is 9.79. The van der Waals surface area contributed by atoms with Gasteiger partial charge in [-0.25, -0.2) is 0 Å².